The molecule has 0 aliphatic rings. The van der Waals surface area contributed by atoms with E-state index in [9.17, 15) is 4.79 Å². The Hall–Kier alpha value is -0.370. The summed E-state index contributed by atoms with van der Waals surface area (Å²) in [7, 11) is 0. The van der Waals surface area contributed by atoms with Crippen molar-refractivity contribution in [1.29, 1.82) is 0 Å². The maximum absolute atomic E-state index is 11.9. The Morgan fingerprint density at radius 3 is 2.75 bits per heavy atom. The van der Waals surface area contributed by atoms with E-state index in [1.807, 2.05) is 18.2 Å². The molecule has 0 aliphatic heterocycles. The first kappa shape index (κ1) is 16.0. The monoisotopic (exact) mass is 434 g/mol. The van der Waals surface area contributed by atoms with E-state index in [4.69, 9.17) is 0 Å². The topological polar surface area (TPSA) is 42.0 Å². The van der Waals surface area contributed by atoms with Crippen LogP contribution < -0.4 is 5.32 Å². The van der Waals surface area contributed by atoms with Gasteiger partial charge in [0.2, 0.25) is 0 Å². The maximum Gasteiger partial charge on any atom is 0.261 e. The second kappa shape index (κ2) is 8.17. The van der Waals surface area contributed by atoms with E-state index in [1.54, 1.807) is 24.2 Å². The lowest BCUT2D eigenvalue weighted by Gasteiger charge is -2.03. The van der Waals surface area contributed by atoms with Crippen molar-refractivity contribution in [2.24, 2.45) is 0 Å². The number of aromatic nitrogens is 1. The molecule has 0 atom stereocenters. The molecule has 20 heavy (non-hydrogen) atoms. The molecule has 0 radical (unpaired) electrons. The average molecular weight is 436 g/mol. The molecule has 0 aliphatic carbocycles. The van der Waals surface area contributed by atoms with Crippen LogP contribution in [0.1, 0.15) is 16.1 Å². The van der Waals surface area contributed by atoms with Gasteiger partial charge in [0, 0.05) is 28.3 Å². The van der Waals surface area contributed by atoms with E-state index >= 15 is 0 Å². The molecule has 7 heteroatoms. The van der Waals surface area contributed by atoms with Crippen molar-refractivity contribution >= 4 is 60.9 Å². The quantitative estimate of drug-likeness (QED) is 0.533. The highest BCUT2D eigenvalue weighted by molar-refractivity contribution is 9.13. The SMILES string of the molecule is O=C(NCCCSc1ccncc1)c1cc(Br)c(Br)s1. The molecule has 0 unspecified atom stereocenters. The molecule has 2 heterocycles. The predicted molar refractivity (Wildman–Crippen MR) is 91.6 cm³/mol. The van der Waals surface area contributed by atoms with Crippen molar-refractivity contribution in [1.82, 2.24) is 10.3 Å². The lowest BCUT2D eigenvalue weighted by Crippen LogP contribution is -2.23. The molecule has 1 amide bonds. The second-order valence-electron chi connectivity index (χ2n) is 3.87. The summed E-state index contributed by atoms with van der Waals surface area (Å²) in [5, 5.41) is 2.93. The van der Waals surface area contributed by atoms with Crippen LogP contribution >= 0.6 is 55.0 Å². The number of carbonyl (C=O) groups is 1. The molecule has 2 aromatic rings. The maximum atomic E-state index is 11.9. The molecule has 2 rings (SSSR count). The zero-order chi connectivity index (χ0) is 14.4. The fourth-order valence-electron chi connectivity index (χ4n) is 1.44. The first-order valence-electron chi connectivity index (χ1n) is 5.92. The number of halogens is 2. The number of rotatable bonds is 6. The fourth-order valence-corrected chi connectivity index (χ4v) is 4.23. The van der Waals surface area contributed by atoms with Crippen molar-refractivity contribution in [3.05, 3.63) is 43.7 Å². The van der Waals surface area contributed by atoms with Gasteiger partial charge in [0.25, 0.3) is 5.91 Å². The molecule has 2 aromatic heterocycles. The largest absolute Gasteiger partial charge is 0.351 e. The fraction of sp³-hybridized carbons (Fsp3) is 0.231. The van der Waals surface area contributed by atoms with Crippen molar-refractivity contribution < 1.29 is 4.79 Å². The van der Waals surface area contributed by atoms with Crippen LogP contribution in [0, 0.1) is 0 Å². The lowest BCUT2D eigenvalue weighted by atomic mass is 10.4. The van der Waals surface area contributed by atoms with Gasteiger partial charge in [0.05, 0.1) is 8.66 Å². The predicted octanol–water partition coefficient (Wildman–Crippen LogP) is 4.58. The van der Waals surface area contributed by atoms with Crippen molar-refractivity contribution in [3.63, 3.8) is 0 Å². The zero-order valence-electron chi connectivity index (χ0n) is 10.4. The van der Waals surface area contributed by atoms with Crippen LogP contribution in [-0.2, 0) is 0 Å². The number of thioether (sulfide) groups is 1. The Morgan fingerprint density at radius 2 is 2.10 bits per heavy atom. The van der Waals surface area contributed by atoms with Gasteiger partial charge in [-0.2, -0.15) is 0 Å². The molecule has 106 valence electrons. The summed E-state index contributed by atoms with van der Waals surface area (Å²) < 4.78 is 1.86. The van der Waals surface area contributed by atoms with Gasteiger partial charge in [0.1, 0.15) is 0 Å². The van der Waals surface area contributed by atoms with E-state index in [0.29, 0.717) is 11.4 Å². The Kier molecular flexibility index (Phi) is 6.54. The standard InChI is InChI=1S/C13H12Br2N2OS2/c14-10-8-11(20-12(10)15)13(18)17-4-1-7-19-9-2-5-16-6-3-9/h2-3,5-6,8H,1,4,7H2,(H,17,18). The zero-order valence-corrected chi connectivity index (χ0v) is 15.2. The van der Waals surface area contributed by atoms with Gasteiger partial charge < -0.3 is 5.32 Å². The summed E-state index contributed by atoms with van der Waals surface area (Å²) in [6.45, 7) is 0.685. The average Bonchev–Trinajstić information content (AvgIpc) is 2.79. The minimum Gasteiger partial charge on any atom is -0.351 e. The Balaban J connectivity index is 1.67. The van der Waals surface area contributed by atoms with Crippen molar-refractivity contribution in [2.75, 3.05) is 12.3 Å². The molecular formula is C13H12Br2N2OS2. The molecule has 0 bridgehead atoms. The highest BCUT2D eigenvalue weighted by Crippen LogP contribution is 2.32. The van der Waals surface area contributed by atoms with E-state index in [0.717, 1.165) is 20.4 Å². The van der Waals surface area contributed by atoms with Gasteiger partial charge in [-0.25, -0.2) is 0 Å². The van der Waals surface area contributed by atoms with Crippen LogP contribution in [0.2, 0.25) is 0 Å². The van der Waals surface area contributed by atoms with E-state index in [-0.39, 0.29) is 5.91 Å². The van der Waals surface area contributed by atoms with Gasteiger partial charge in [-0.05, 0) is 62.2 Å². The van der Waals surface area contributed by atoms with Gasteiger partial charge in [-0.3, -0.25) is 9.78 Å². The number of thiophene rings is 1. The number of nitrogens with zero attached hydrogens (tertiary/aromatic N) is 1. The number of pyridine rings is 1. The third-order valence-corrected chi connectivity index (χ3v) is 6.75. The molecule has 0 fully saturated rings. The molecular weight excluding hydrogens is 424 g/mol. The summed E-state index contributed by atoms with van der Waals surface area (Å²) >= 11 is 9.96. The first-order valence-corrected chi connectivity index (χ1v) is 9.31. The summed E-state index contributed by atoms with van der Waals surface area (Å²) in [6, 6.07) is 5.81. The summed E-state index contributed by atoms with van der Waals surface area (Å²) in [5.74, 6) is 0.956. The van der Waals surface area contributed by atoms with Crippen molar-refractivity contribution in [3.8, 4) is 0 Å². The molecule has 0 aromatic carbocycles. The van der Waals surface area contributed by atoms with E-state index < -0.39 is 0 Å². The molecule has 0 spiro atoms. The van der Waals surface area contributed by atoms with Crippen LogP contribution in [-0.4, -0.2) is 23.2 Å². The molecule has 3 nitrogen and oxygen atoms in total. The van der Waals surface area contributed by atoms with Gasteiger partial charge in [0.15, 0.2) is 0 Å². The lowest BCUT2D eigenvalue weighted by molar-refractivity contribution is 0.0958. The molecule has 0 saturated heterocycles. The van der Waals surface area contributed by atoms with Gasteiger partial charge in [-0.15, -0.1) is 23.1 Å². The Bertz CT molecular complexity index is 556. The minimum atomic E-state index is -0.0182. The van der Waals surface area contributed by atoms with Crippen LogP contribution in [0.3, 0.4) is 0 Å². The highest BCUT2D eigenvalue weighted by atomic mass is 79.9. The van der Waals surface area contributed by atoms with Crippen LogP contribution in [0.4, 0.5) is 0 Å². The van der Waals surface area contributed by atoms with Crippen LogP contribution in [0.25, 0.3) is 0 Å². The smallest absolute Gasteiger partial charge is 0.261 e. The van der Waals surface area contributed by atoms with Gasteiger partial charge >= 0.3 is 0 Å². The third kappa shape index (κ3) is 4.87. The Labute approximate surface area is 142 Å². The number of nitrogens with one attached hydrogen (secondary N) is 1. The summed E-state index contributed by atoms with van der Waals surface area (Å²) in [5.41, 5.74) is 0. The summed E-state index contributed by atoms with van der Waals surface area (Å²) in [4.78, 5) is 17.8. The van der Waals surface area contributed by atoms with E-state index in [1.165, 1.54) is 16.2 Å². The minimum absolute atomic E-state index is 0.0182. The van der Waals surface area contributed by atoms with Crippen molar-refractivity contribution in [2.45, 2.75) is 11.3 Å². The first-order chi connectivity index (χ1) is 9.66. The second-order valence-corrected chi connectivity index (χ2v) is 8.27. The highest BCUT2D eigenvalue weighted by Gasteiger charge is 2.11. The molecule has 1 N–H and O–H groups in total. The third-order valence-electron chi connectivity index (χ3n) is 2.39. The Morgan fingerprint density at radius 1 is 1.35 bits per heavy atom. The number of hydrogen-bond donors (Lipinski definition) is 1. The number of amides is 1. The number of carbonyl (C=O) groups excluding carboxylic acids is 1. The van der Waals surface area contributed by atoms with E-state index in [2.05, 4.69) is 42.2 Å². The summed E-state index contributed by atoms with van der Waals surface area (Å²) in [6.07, 6.45) is 4.51. The van der Waals surface area contributed by atoms with Crippen LogP contribution in [0.5, 0.6) is 0 Å². The number of hydrogen-bond acceptors (Lipinski definition) is 4. The van der Waals surface area contributed by atoms with Gasteiger partial charge in [-0.1, -0.05) is 0 Å². The van der Waals surface area contributed by atoms with Crippen LogP contribution in [0.15, 0.2) is 43.7 Å². The molecule has 0 saturated carbocycles. The normalized spacial score (nSPS) is 10.5.